The Morgan fingerprint density at radius 3 is 2.70 bits per heavy atom. The van der Waals surface area contributed by atoms with Crippen LogP contribution in [-0.2, 0) is 19.9 Å². The van der Waals surface area contributed by atoms with Gasteiger partial charge in [-0.15, -0.1) is 0 Å². The molecule has 0 aliphatic heterocycles. The van der Waals surface area contributed by atoms with Gasteiger partial charge in [0.1, 0.15) is 5.76 Å². The second-order valence-corrected chi connectivity index (χ2v) is 4.90. The Kier molecular flexibility index (Phi) is 4.27. The fraction of sp³-hybridized carbons (Fsp3) is 0.467. The SMILES string of the molecule is CCc1ccc(C(=O)NCCc2c(C)nn(C)c2C)o1. The second kappa shape index (κ2) is 5.94. The van der Waals surface area contributed by atoms with Crippen LogP contribution in [0.1, 0.15) is 40.2 Å². The maximum atomic E-state index is 11.9. The van der Waals surface area contributed by atoms with E-state index >= 15 is 0 Å². The number of carbonyl (C=O) groups is 1. The molecule has 1 N–H and O–H groups in total. The first-order valence-corrected chi connectivity index (χ1v) is 6.89. The normalized spacial score (nSPS) is 10.8. The van der Waals surface area contributed by atoms with Crippen LogP contribution in [0, 0.1) is 13.8 Å². The fourth-order valence-electron chi connectivity index (χ4n) is 2.26. The van der Waals surface area contributed by atoms with E-state index in [2.05, 4.69) is 10.4 Å². The van der Waals surface area contributed by atoms with E-state index in [0.29, 0.717) is 12.3 Å². The minimum absolute atomic E-state index is 0.163. The van der Waals surface area contributed by atoms with Gasteiger partial charge in [-0.25, -0.2) is 0 Å². The van der Waals surface area contributed by atoms with Crippen molar-refractivity contribution in [3.8, 4) is 0 Å². The molecule has 0 radical (unpaired) electrons. The quantitative estimate of drug-likeness (QED) is 0.909. The summed E-state index contributed by atoms with van der Waals surface area (Å²) in [6.07, 6.45) is 1.57. The Hall–Kier alpha value is -2.04. The van der Waals surface area contributed by atoms with Crippen molar-refractivity contribution in [1.29, 1.82) is 0 Å². The van der Waals surface area contributed by atoms with E-state index in [1.165, 1.54) is 5.56 Å². The topological polar surface area (TPSA) is 60.1 Å². The van der Waals surface area contributed by atoms with E-state index in [1.54, 1.807) is 6.07 Å². The molecule has 2 aromatic heterocycles. The zero-order valence-corrected chi connectivity index (χ0v) is 12.5. The zero-order chi connectivity index (χ0) is 14.7. The van der Waals surface area contributed by atoms with Crippen molar-refractivity contribution in [2.24, 2.45) is 7.05 Å². The average molecular weight is 275 g/mol. The molecule has 1 amide bonds. The summed E-state index contributed by atoms with van der Waals surface area (Å²) >= 11 is 0. The summed E-state index contributed by atoms with van der Waals surface area (Å²) in [4.78, 5) is 11.9. The molecule has 0 aliphatic rings. The van der Waals surface area contributed by atoms with Crippen molar-refractivity contribution in [3.63, 3.8) is 0 Å². The number of hydrogen-bond acceptors (Lipinski definition) is 3. The molecule has 2 rings (SSSR count). The molecule has 0 unspecified atom stereocenters. The van der Waals surface area contributed by atoms with Crippen LogP contribution >= 0.6 is 0 Å². The van der Waals surface area contributed by atoms with Crippen molar-refractivity contribution >= 4 is 5.91 Å². The number of aryl methyl sites for hydroxylation is 3. The summed E-state index contributed by atoms with van der Waals surface area (Å²) in [5.74, 6) is 1.04. The van der Waals surface area contributed by atoms with Gasteiger partial charge >= 0.3 is 0 Å². The van der Waals surface area contributed by atoms with E-state index in [1.807, 2.05) is 38.6 Å². The van der Waals surface area contributed by atoms with E-state index in [4.69, 9.17) is 4.42 Å². The lowest BCUT2D eigenvalue weighted by atomic mass is 10.1. The highest BCUT2D eigenvalue weighted by Gasteiger charge is 2.12. The van der Waals surface area contributed by atoms with Crippen molar-refractivity contribution < 1.29 is 9.21 Å². The number of rotatable bonds is 5. The maximum Gasteiger partial charge on any atom is 0.287 e. The summed E-state index contributed by atoms with van der Waals surface area (Å²) in [6.45, 7) is 6.60. The number of nitrogens with zero attached hydrogens (tertiary/aromatic N) is 2. The van der Waals surface area contributed by atoms with Crippen molar-refractivity contribution in [2.45, 2.75) is 33.6 Å². The van der Waals surface area contributed by atoms with Crippen molar-refractivity contribution in [1.82, 2.24) is 15.1 Å². The molecule has 0 bridgehead atoms. The van der Waals surface area contributed by atoms with E-state index in [0.717, 1.165) is 30.0 Å². The van der Waals surface area contributed by atoms with Crippen LogP contribution in [0.2, 0.25) is 0 Å². The van der Waals surface area contributed by atoms with Crippen LogP contribution in [0.15, 0.2) is 16.5 Å². The zero-order valence-electron chi connectivity index (χ0n) is 12.5. The second-order valence-electron chi connectivity index (χ2n) is 4.90. The van der Waals surface area contributed by atoms with Crippen molar-refractivity contribution in [2.75, 3.05) is 6.54 Å². The van der Waals surface area contributed by atoms with Gasteiger partial charge in [0.15, 0.2) is 5.76 Å². The lowest BCUT2D eigenvalue weighted by molar-refractivity contribution is 0.0924. The molecule has 5 heteroatoms. The fourth-order valence-corrected chi connectivity index (χ4v) is 2.26. The van der Waals surface area contributed by atoms with Gasteiger partial charge in [0, 0.05) is 25.7 Å². The Morgan fingerprint density at radius 2 is 2.15 bits per heavy atom. The third-order valence-electron chi connectivity index (χ3n) is 3.55. The van der Waals surface area contributed by atoms with Crippen LogP contribution in [0.25, 0.3) is 0 Å². The molecule has 0 saturated carbocycles. The molecule has 0 aliphatic carbocycles. The van der Waals surface area contributed by atoms with Crippen LogP contribution in [0.3, 0.4) is 0 Å². The van der Waals surface area contributed by atoms with Gasteiger partial charge in [-0.3, -0.25) is 9.48 Å². The minimum Gasteiger partial charge on any atom is -0.456 e. The summed E-state index contributed by atoms with van der Waals surface area (Å²) < 4.78 is 7.29. The first-order valence-electron chi connectivity index (χ1n) is 6.89. The van der Waals surface area contributed by atoms with Gasteiger partial charge in [-0.05, 0) is 38.0 Å². The molecule has 2 aromatic rings. The highest BCUT2D eigenvalue weighted by atomic mass is 16.3. The summed E-state index contributed by atoms with van der Waals surface area (Å²) in [5.41, 5.74) is 3.36. The van der Waals surface area contributed by atoms with Crippen LogP contribution < -0.4 is 5.32 Å². The predicted molar refractivity (Wildman–Crippen MR) is 76.8 cm³/mol. The number of carbonyl (C=O) groups excluding carboxylic acids is 1. The lowest BCUT2D eigenvalue weighted by Gasteiger charge is -2.04. The molecule has 0 saturated heterocycles. The lowest BCUT2D eigenvalue weighted by Crippen LogP contribution is -2.25. The van der Waals surface area contributed by atoms with E-state index in [-0.39, 0.29) is 5.91 Å². The Labute approximate surface area is 119 Å². The first-order chi connectivity index (χ1) is 9.52. The van der Waals surface area contributed by atoms with Crippen LogP contribution in [-0.4, -0.2) is 22.2 Å². The van der Waals surface area contributed by atoms with Gasteiger partial charge in [0.25, 0.3) is 5.91 Å². The van der Waals surface area contributed by atoms with Gasteiger partial charge in [0.05, 0.1) is 5.69 Å². The highest BCUT2D eigenvalue weighted by molar-refractivity contribution is 5.91. The number of furan rings is 1. The smallest absolute Gasteiger partial charge is 0.287 e. The van der Waals surface area contributed by atoms with E-state index < -0.39 is 0 Å². The molecule has 0 atom stereocenters. The molecule has 0 spiro atoms. The molecular formula is C15H21N3O2. The van der Waals surface area contributed by atoms with Crippen molar-refractivity contribution in [3.05, 3.63) is 40.6 Å². The Balaban J connectivity index is 1.91. The summed E-state index contributed by atoms with van der Waals surface area (Å²) in [7, 11) is 1.93. The molecule has 0 fully saturated rings. The number of aromatic nitrogens is 2. The number of nitrogens with one attached hydrogen (secondary N) is 1. The Morgan fingerprint density at radius 1 is 1.40 bits per heavy atom. The third-order valence-corrected chi connectivity index (χ3v) is 3.55. The minimum atomic E-state index is -0.163. The van der Waals surface area contributed by atoms with Gasteiger partial charge in [0.2, 0.25) is 0 Å². The van der Waals surface area contributed by atoms with E-state index in [9.17, 15) is 4.79 Å². The highest BCUT2D eigenvalue weighted by Crippen LogP contribution is 2.12. The average Bonchev–Trinajstić information content (AvgIpc) is 2.99. The third kappa shape index (κ3) is 2.92. The molecule has 5 nitrogen and oxygen atoms in total. The van der Waals surface area contributed by atoms with Gasteiger partial charge in [-0.1, -0.05) is 6.92 Å². The largest absolute Gasteiger partial charge is 0.456 e. The van der Waals surface area contributed by atoms with Crippen LogP contribution in [0.5, 0.6) is 0 Å². The summed E-state index contributed by atoms with van der Waals surface area (Å²) in [5, 5.41) is 7.25. The molecule has 108 valence electrons. The number of hydrogen-bond donors (Lipinski definition) is 1. The summed E-state index contributed by atoms with van der Waals surface area (Å²) in [6, 6.07) is 3.55. The maximum absolute atomic E-state index is 11.9. The first kappa shape index (κ1) is 14.4. The van der Waals surface area contributed by atoms with Crippen LogP contribution in [0.4, 0.5) is 0 Å². The molecule has 0 aromatic carbocycles. The Bertz CT molecular complexity index is 611. The van der Waals surface area contributed by atoms with Gasteiger partial charge in [-0.2, -0.15) is 5.10 Å². The molecule has 20 heavy (non-hydrogen) atoms. The molecule has 2 heterocycles. The number of amides is 1. The monoisotopic (exact) mass is 275 g/mol. The predicted octanol–water partition coefficient (Wildman–Crippen LogP) is 2.16. The standard InChI is InChI=1S/C15H21N3O2/c1-5-12-6-7-14(20-12)15(19)16-9-8-13-10(2)17-18(4)11(13)3/h6-7H,5,8-9H2,1-4H3,(H,16,19). The van der Waals surface area contributed by atoms with Gasteiger partial charge < -0.3 is 9.73 Å². The molecular weight excluding hydrogens is 254 g/mol.